The first kappa shape index (κ1) is 20.9. The van der Waals surface area contributed by atoms with Gasteiger partial charge in [0.25, 0.3) is 5.82 Å². The molecule has 0 N–H and O–H groups in total. The number of hydrogen-bond donors (Lipinski definition) is 0. The molecule has 2 aromatic heterocycles. The molecule has 0 unspecified atom stereocenters. The summed E-state index contributed by atoms with van der Waals surface area (Å²) in [5, 5.41) is 0.806. The highest BCUT2D eigenvalue weighted by Crippen LogP contribution is 2.25. The van der Waals surface area contributed by atoms with Crippen molar-refractivity contribution in [3.8, 4) is 11.4 Å². The largest absolute Gasteiger partial charge is 1.00 e. The molecule has 2 heterocycles. The maximum absolute atomic E-state index is 12.9. The van der Waals surface area contributed by atoms with Gasteiger partial charge in [0.05, 0.1) is 14.1 Å². The Morgan fingerprint density at radius 3 is 2.67 bits per heavy atom. The Kier molecular flexibility index (Phi) is 5.75. The van der Waals surface area contributed by atoms with Crippen molar-refractivity contribution in [1.82, 2.24) is 4.57 Å². The molecule has 2 aromatic carbocycles. The van der Waals surface area contributed by atoms with Crippen LogP contribution >= 0.6 is 0 Å². The monoisotopic (exact) mass is 427 g/mol. The van der Waals surface area contributed by atoms with E-state index < -0.39 is 5.63 Å². The molecule has 0 aliphatic heterocycles. The van der Waals surface area contributed by atoms with Crippen LogP contribution in [0, 0.1) is 0 Å². The van der Waals surface area contributed by atoms with Crippen molar-refractivity contribution >= 4 is 33.6 Å². The molecule has 5 nitrogen and oxygen atoms in total. The average Bonchev–Trinajstić information content (AvgIpc) is 2.98. The highest BCUT2D eigenvalue weighted by atomic mass is 35.5. The van der Waals surface area contributed by atoms with E-state index in [-0.39, 0.29) is 21.0 Å². The Morgan fingerprint density at radius 2 is 1.97 bits per heavy atom. The van der Waals surface area contributed by atoms with Crippen molar-refractivity contribution in [2.75, 3.05) is 0 Å². The van der Waals surface area contributed by atoms with Crippen LogP contribution in [0.3, 0.4) is 0 Å². The number of nitrogens with zero attached hydrogens (tertiary/aromatic N) is 3. The minimum atomic E-state index is -0.408. The van der Waals surface area contributed by atoms with Gasteiger partial charge >= 0.3 is 5.63 Å². The number of fused-ring (bicyclic) bond motifs is 2. The summed E-state index contributed by atoms with van der Waals surface area (Å²) in [6.07, 6.45) is 0. The quantitative estimate of drug-likeness (QED) is 0.218. The smallest absolute Gasteiger partial charge is 0.351 e. The summed E-state index contributed by atoms with van der Waals surface area (Å²) in [6.45, 7) is 7.08. The summed E-state index contributed by atoms with van der Waals surface area (Å²) >= 11 is 0. The average molecular weight is 428 g/mol. The lowest BCUT2D eigenvalue weighted by molar-refractivity contribution is -0.634. The van der Waals surface area contributed by atoms with E-state index in [1.807, 2.05) is 65.7 Å². The minimum Gasteiger partial charge on any atom is -1.00 e. The molecular weight excluding hydrogens is 398 g/mol. The predicted molar refractivity (Wildman–Crippen MR) is 127 cm³/mol. The molecule has 0 aliphatic rings. The molecule has 0 spiro atoms. The van der Waals surface area contributed by atoms with Crippen LogP contribution in [-0.2, 0) is 14.1 Å². The van der Waals surface area contributed by atoms with E-state index >= 15 is 0 Å². The number of para-hydroxylation sites is 2. The third-order valence-corrected chi connectivity index (χ3v) is 4.90. The second kappa shape index (κ2) is 8.26. The van der Waals surface area contributed by atoms with E-state index in [0.29, 0.717) is 22.4 Å². The molecule has 30 heavy (non-hydrogen) atoms. The van der Waals surface area contributed by atoms with E-state index in [9.17, 15) is 4.79 Å². The molecule has 0 radical (unpaired) electrons. The van der Waals surface area contributed by atoms with Crippen LogP contribution in [0.25, 0.3) is 39.1 Å². The Morgan fingerprint density at radius 1 is 1.20 bits per heavy atom. The van der Waals surface area contributed by atoms with Crippen LogP contribution in [0.4, 0.5) is 0 Å². The molecule has 0 amide bonds. The van der Waals surface area contributed by atoms with Gasteiger partial charge in [0, 0.05) is 25.4 Å². The van der Waals surface area contributed by atoms with Crippen LogP contribution in [0.2, 0.25) is 0 Å². The van der Waals surface area contributed by atoms with Gasteiger partial charge in [0.15, 0.2) is 16.6 Å². The SMILES string of the molecule is C=C=C=NC(=C=C)c1ccc2cc(-c3n(C)c4ccccc4[n+]3C)c(=O)oc2c1.[Cl-].[HH].[HH].[HH].[HH].[HH].[HH]. The van der Waals surface area contributed by atoms with Gasteiger partial charge in [0.2, 0.25) is 0 Å². The summed E-state index contributed by atoms with van der Waals surface area (Å²) < 4.78 is 9.65. The van der Waals surface area contributed by atoms with Gasteiger partial charge in [-0.25, -0.2) is 13.9 Å². The van der Waals surface area contributed by atoms with Crippen molar-refractivity contribution in [3.63, 3.8) is 0 Å². The Labute approximate surface area is 188 Å². The summed E-state index contributed by atoms with van der Waals surface area (Å²) in [4.78, 5) is 16.9. The van der Waals surface area contributed by atoms with E-state index in [4.69, 9.17) is 4.42 Å². The number of rotatable bonds is 3. The maximum Gasteiger partial charge on any atom is 0.351 e. The van der Waals surface area contributed by atoms with Gasteiger partial charge < -0.3 is 16.8 Å². The standard InChI is InChI=1S/C24H18N3O2.ClH.6H2/c1-5-13-25-19(6-2)16-11-12-17-14-18(24(28)29-22(17)15-16)23-26(3)20-9-7-8-10-21(20)27(23)4;;;;;;;/h7-12,14-15H,1-2H2,3-4H3;7*1H/q+1;;;;;;;/p-1. The van der Waals surface area contributed by atoms with Crippen LogP contribution in [0.5, 0.6) is 0 Å². The Bertz CT molecular complexity index is 1470. The first-order valence-corrected chi connectivity index (χ1v) is 8.95. The van der Waals surface area contributed by atoms with Gasteiger partial charge in [-0.15, -0.1) is 0 Å². The fourth-order valence-electron chi connectivity index (χ4n) is 3.56. The van der Waals surface area contributed by atoms with Crippen molar-refractivity contribution < 1.29 is 30.0 Å². The molecule has 0 bridgehead atoms. The number of benzene rings is 2. The number of aryl methyl sites for hydroxylation is 2. The first-order chi connectivity index (χ1) is 14.0. The van der Waals surface area contributed by atoms with E-state index in [1.54, 1.807) is 6.07 Å². The second-order valence-electron chi connectivity index (χ2n) is 6.56. The summed E-state index contributed by atoms with van der Waals surface area (Å²) in [5.41, 5.74) is 9.01. The predicted octanol–water partition coefficient (Wildman–Crippen LogP) is 2.39. The third kappa shape index (κ3) is 3.35. The van der Waals surface area contributed by atoms with Crippen LogP contribution in [-0.4, -0.2) is 10.4 Å². The number of halogens is 1. The highest BCUT2D eigenvalue weighted by molar-refractivity contribution is 5.85. The van der Waals surface area contributed by atoms with Gasteiger partial charge in [0.1, 0.15) is 11.3 Å². The van der Waals surface area contributed by atoms with Crippen LogP contribution < -0.4 is 22.6 Å². The van der Waals surface area contributed by atoms with Crippen LogP contribution in [0.1, 0.15) is 14.1 Å². The van der Waals surface area contributed by atoms with E-state index in [1.165, 1.54) is 0 Å². The lowest BCUT2D eigenvalue weighted by Crippen LogP contribution is -3.00. The minimum absolute atomic E-state index is 0. The molecule has 4 aromatic rings. The number of aromatic nitrogens is 2. The molecule has 0 atom stereocenters. The zero-order chi connectivity index (χ0) is 20.5. The van der Waals surface area contributed by atoms with Crippen molar-refractivity contribution in [2.45, 2.75) is 0 Å². The van der Waals surface area contributed by atoms with Gasteiger partial charge in [-0.05, 0) is 30.8 Å². The molecular formula is C24H30ClN3O2. The third-order valence-electron chi connectivity index (χ3n) is 4.90. The fourth-order valence-corrected chi connectivity index (χ4v) is 3.56. The zero-order valence-corrected chi connectivity index (χ0v) is 17.3. The second-order valence-corrected chi connectivity index (χ2v) is 6.56. The maximum atomic E-state index is 12.9. The number of imidazole rings is 1. The van der Waals surface area contributed by atoms with Gasteiger partial charge in [-0.2, -0.15) is 4.99 Å². The topological polar surface area (TPSA) is 51.4 Å². The van der Waals surface area contributed by atoms with E-state index in [0.717, 1.165) is 22.2 Å². The first-order valence-electron chi connectivity index (χ1n) is 8.95. The summed E-state index contributed by atoms with van der Waals surface area (Å²) in [6, 6.07) is 15.3. The summed E-state index contributed by atoms with van der Waals surface area (Å²) in [5.74, 6) is 3.32. The fraction of sp³-hybridized carbons (Fsp3) is 0.0833. The van der Waals surface area contributed by atoms with Crippen molar-refractivity contribution in [1.29, 1.82) is 0 Å². The Balaban J connectivity index is -0.000000731. The number of aliphatic imine (C=N–C) groups is 1. The van der Waals surface area contributed by atoms with Gasteiger partial charge in [-0.3, -0.25) is 0 Å². The van der Waals surface area contributed by atoms with Gasteiger partial charge in [-0.1, -0.05) is 42.3 Å². The lowest BCUT2D eigenvalue weighted by Gasteiger charge is -2.03. The molecule has 0 saturated carbocycles. The van der Waals surface area contributed by atoms with Crippen molar-refractivity contribution in [2.24, 2.45) is 19.1 Å². The van der Waals surface area contributed by atoms with E-state index in [2.05, 4.69) is 35.5 Å². The summed E-state index contributed by atoms with van der Waals surface area (Å²) in [7, 11) is 3.88. The Hall–Kier alpha value is -3.84. The van der Waals surface area contributed by atoms with Crippen LogP contribution in [0.15, 0.2) is 87.4 Å². The lowest BCUT2D eigenvalue weighted by atomic mass is 10.1. The molecule has 0 fully saturated rings. The highest BCUT2D eigenvalue weighted by Gasteiger charge is 2.25. The van der Waals surface area contributed by atoms with Crippen molar-refractivity contribution in [3.05, 3.63) is 89.1 Å². The molecule has 0 aliphatic carbocycles. The molecule has 160 valence electrons. The molecule has 4 rings (SSSR count). The number of hydrogen-bond acceptors (Lipinski definition) is 3. The molecule has 6 heteroatoms. The zero-order valence-electron chi connectivity index (χ0n) is 16.6. The molecule has 0 saturated heterocycles. The normalized spacial score (nSPS) is 10.1.